The molecule has 0 bridgehead atoms. The van der Waals surface area contributed by atoms with Gasteiger partial charge in [-0.1, -0.05) is 28.1 Å². The molecule has 3 heterocycles. The average Bonchev–Trinajstić information content (AvgIpc) is 3.04. The minimum absolute atomic E-state index is 0.229. The van der Waals surface area contributed by atoms with Crippen molar-refractivity contribution in [3.63, 3.8) is 0 Å². The third-order valence-corrected chi connectivity index (χ3v) is 4.81. The van der Waals surface area contributed by atoms with Crippen LogP contribution in [0.1, 0.15) is 27.7 Å². The summed E-state index contributed by atoms with van der Waals surface area (Å²) in [4.78, 5) is 18.1. The van der Waals surface area contributed by atoms with E-state index in [0.717, 1.165) is 27.9 Å². The van der Waals surface area contributed by atoms with Gasteiger partial charge in [0, 0.05) is 24.0 Å². The molecular formula is C18H15BrFN5O. The summed E-state index contributed by atoms with van der Waals surface area (Å²) in [6.07, 6.45) is 1.73. The van der Waals surface area contributed by atoms with Crippen LogP contribution in [0.15, 0.2) is 47.1 Å². The van der Waals surface area contributed by atoms with Crippen molar-refractivity contribution in [2.75, 3.05) is 6.54 Å². The molecule has 0 saturated carbocycles. The summed E-state index contributed by atoms with van der Waals surface area (Å²) in [7, 11) is 0. The molecule has 4 rings (SSSR count). The fraction of sp³-hybridized carbons (Fsp3) is 0.222. The van der Waals surface area contributed by atoms with Gasteiger partial charge in [-0.05, 0) is 29.8 Å². The molecule has 0 spiro atoms. The highest BCUT2D eigenvalue weighted by atomic mass is 79.9. The number of carbonyl (C=O) groups excluding carboxylic acids is 1. The van der Waals surface area contributed by atoms with Crippen LogP contribution in [0.4, 0.5) is 4.39 Å². The Morgan fingerprint density at radius 3 is 2.85 bits per heavy atom. The van der Waals surface area contributed by atoms with E-state index in [0.29, 0.717) is 26.1 Å². The SMILES string of the molecule is O=C(c1ccc(F)cn1)N1CCn2c(Cc3cccc(Br)c3)nnc2C1. The van der Waals surface area contributed by atoms with Crippen molar-refractivity contribution in [1.82, 2.24) is 24.6 Å². The number of carbonyl (C=O) groups is 1. The number of aromatic nitrogens is 4. The molecule has 0 N–H and O–H groups in total. The number of hydrogen-bond acceptors (Lipinski definition) is 4. The van der Waals surface area contributed by atoms with Crippen LogP contribution < -0.4 is 0 Å². The molecule has 2 aromatic heterocycles. The van der Waals surface area contributed by atoms with Gasteiger partial charge in [0.2, 0.25) is 0 Å². The number of halogens is 2. The molecule has 0 aliphatic carbocycles. The molecule has 3 aromatic rings. The number of amides is 1. The van der Waals surface area contributed by atoms with Gasteiger partial charge in [-0.2, -0.15) is 0 Å². The van der Waals surface area contributed by atoms with Gasteiger partial charge in [0.05, 0.1) is 12.7 Å². The molecule has 132 valence electrons. The molecule has 1 aromatic carbocycles. The van der Waals surface area contributed by atoms with E-state index in [1.165, 1.54) is 12.1 Å². The van der Waals surface area contributed by atoms with Crippen molar-refractivity contribution < 1.29 is 9.18 Å². The van der Waals surface area contributed by atoms with E-state index in [-0.39, 0.29) is 11.6 Å². The highest BCUT2D eigenvalue weighted by Gasteiger charge is 2.25. The summed E-state index contributed by atoms with van der Waals surface area (Å²) in [6.45, 7) is 1.52. The zero-order chi connectivity index (χ0) is 18.1. The highest BCUT2D eigenvalue weighted by molar-refractivity contribution is 9.10. The summed E-state index contributed by atoms with van der Waals surface area (Å²) >= 11 is 3.48. The van der Waals surface area contributed by atoms with Crippen LogP contribution in [0.3, 0.4) is 0 Å². The largest absolute Gasteiger partial charge is 0.328 e. The Morgan fingerprint density at radius 2 is 2.08 bits per heavy atom. The molecule has 0 radical (unpaired) electrons. The summed E-state index contributed by atoms with van der Waals surface area (Å²) in [5, 5.41) is 8.54. The number of hydrogen-bond donors (Lipinski definition) is 0. The Labute approximate surface area is 157 Å². The van der Waals surface area contributed by atoms with E-state index in [1.807, 2.05) is 18.2 Å². The van der Waals surface area contributed by atoms with E-state index >= 15 is 0 Å². The van der Waals surface area contributed by atoms with Crippen molar-refractivity contribution in [3.05, 3.63) is 75.8 Å². The van der Waals surface area contributed by atoms with Crippen molar-refractivity contribution >= 4 is 21.8 Å². The smallest absolute Gasteiger partial charge is 0.272 e. The monoisotopic (exact) mass is 415 g/mol. The van der Waals surface area contributed by atoms with Crippen molar-refractivity contribution in [2.24, 2.45) is 0 Å². The maximum absolute atomic E-state index is 13.0. The molecule has 1 aliphatic heterocycles. The maximum atomic E-state index is 13.0. The first-order valence-corrected chi connectivity index (χ1v) is 8.95. The van der Waals surface area contributed by atoms with Gasteiger partial charge < -0.3 is 9.47 Å². The first-order valence-electron chi connectivity index (χ1n) is 8.16. The molecule has 0 unspecified atom stereocenters. The lowest BCUT2D eigenvalue weighted by Crippen LogP contribution is -2.39. The van der Waals surface area contributed by atoms with Gasteiger partial charge in [0.15, 0.2) is 5.82 Å². The summed E-state index contributed by atoms with van der Waals surface area (Å²) in [5.41, 5.74) is 1.37. The van der Waals surface area contributed by atoms with E-state index in [4.69, 9.17) is 0 Å². The number of rotatable bonds is 3. The summed E-state index contributed by atoms with van der Waals surface area (Å²) in [5.74, 6) is 0.937. The van der Waals surface area contributed by atoms with Gasteiger partial charge in [0.25, 0.3) is 5.91 Å². The second-order valence-corrected chi connectivity index (χ2v) is 6.99. The maximum Gasteiger partial charge on any atom is 0.272 e. The summed E-state index contributed by atoms with van der Waals surface area (Å²) < 4.78 is 16.1. The second kappa shape index (κ2) is 6.95. The molecule has 26 heavy (non-hydrogen) atoms. The Hall–Kier alpha value is -2.61. The van der Waals surface area contributed by atoms with Crippen LogP contribution in [0.25, 0.3) is 0 Å². The van der Waals surface area contributed by atoms with E-state index in [9.17, 15) is 9.18 Å². The number of benzene rings is 1. The minimum Gasteiger partial charge on any atom is -0.328 e. The third-order valence-electron chi connectivity index (χ3n) is 4.31. The van der Waals surface area contributed by atoms with Gasteiger partial charge in [-0.3, -0.25) is 4.79 Å². The molecule has 1 amide bonds. The predicted molar refractivity (Wildman–Crippen MR) is 95.9 cm³/mol. The Bertz CT molecular complexity index is 956. The van der Waals surface area contributed by atoms with Crippen LogP contribution in [0.5, 0.6) is 0 Å². The molecule has 1 aliphatic rings. The van der Waals surface area contributed by atoms with Crippen LogP contribution >= 0.6 is 15.9 Å². The van der Waals surface area contributed by atoms with E-state index in [1.54, 1.807) is 4.90 Å². The quantitative estimate of drug-likeness (QED) is 0.659. The van der Waals surface area contributed by atoms with Crippen LogP contribution in [0, 0.1) is 5.82 Å². The zero-order valence-electron chi connectivity index (χ0n) is 13.8. The topological polar surface area (TPSA) is 63.9 Å². The van der Waals surface area contributed by atoms with Crippen LogP contribution in [0.2, 0.25) is 0 Å². The molecular weight excluding hydrogens is 401 g/mol. The average molecular weight is 416 g/mol. The molecule has 0 fully saturated rings. The lowest BCUT2D eigenvalue weighted by Gasteiger charge is -2.27. The van der Waals surface area contributed by atoms with Crippen molar-refractivity contribution in [2.45, 2.75) is 19.5 Å². The summed E-state index contributed by atoms with van der Waals surface area (Å²) in [6, 6.07) is 10.7. The number of pyridine rings is 1. The van der Waals surface area contributed by atoms with E-state index < -0.39 is 5.82 Å². The van der Waals surface area contributed by atoms with Gasteiger partial charge in [-0.15, -0.1) is 10.2 Å². The highest BCUT2D eigenvalue weighted by Crippen LogP contribution is 2.18. The Morgan fingerprint density at radius 1 is 1.19 bits per heavy atom. The third kappa shape index (κ3) is 3.37. The molecule has 6 nitrogen and oxygen atoms in total. The Balaban J connectivity index is 1.51. The first kappa shape index (κ1) is 16.8. The molecule has 8 heteroatoms. The van der Waals surface area contributed by atoms with Crippen LogP contribution in [-0.2, 0) is 19.5 Å². The minimum atomic E-state index is -0.461. The van der Waals surface area contributed by atoms with Gasteiger partial charge >= 0.3 is 0 Å². The molecule has 0 atom stereocenters. The zero-order valence-corrected chi connectivity index (χ0v) is 15.4. The molecule has 0 saturated heterocycles. The fourth-order valence-electron chi connectivity index (χ4n) is 3.02. The van der Waals surface area contributed by atoms with E-state index in [2.05, 4.69) is 41.7 Å². The normalized spacial score (nSPS) is 13.5. The Kier molecular flexibility index (Phi) is 4.50. The van der Waals surface area contributed by atoms with Gasteiger partial charge in [-0.25, -0.2) is 9.37 Å². The number of fused-ring (bicyclic) bond motifs is 1. The number of nitrogens with zero attached hydrogens (tertiary/aromatic N) is 5. The lowest BCUT2D eigenvalue weighted by atomic mass is 10.1. The lowest BCUT2D eigenvalue weighted by molar-refractivity contribution is 0.0700. The van der Waals surface area contributed by atoms with Crippen molar-refractivity contribution in [1.29, 1.82) is 0 Å². The standard InChI is InChI=1S/C18H15BrFN5O/c19-13-3-1-2-12(8-13)9-16-22-23-17-11-24(6-7-25(16)17)18(26)15-5-4-14(20)10-21-15/h1-5,8,10H,6-7,9,11H2. The predicted octanol–water partition coefficient (Wildman–Crippen LogP) is 2.82. The second-order valence-electron chi connectivity index (χ2n) is 6.08. The van der Waals surface area contributed by atoms with Crippen LogP contribution in [-0.4, -0.2) is 37.1 Å². The fourth-order valence-corrected chi connectivity index (χ4v) is 3.46. The van der Waals surface area contributed by atoms with Crippen molar-refractivity contribution in [3.8, 4) is 0 Å². The van der Waals surface area contributed by atoms with Gasteiger partial charge in [0.1, 0.15) is 17.3 Å². The first-order chi connectivity index (χ1) is 12.6.